The smallest absolute Gasteiger partial charge is 0.387 e. The van der Waals surface area contributed by atoms with Gasteiger partial charge in [0.05, 0.1) is 10.9 Å². The Hall–Kier alpha value is -2.67. The number of nitrogens with zero attached hydrogens (tertiary/aromatic N) is 2. The summed E-state index contributed by atoms with van der Waals surface area (Å²) in [6.07, 6.45) is 2.20. The number of aromatic nitrogens is 2. The van der Waals surface area contributed by atoms with Gasteiger partial charge in [-0.1, -0.05) is 35.9 Å². The molecule has 1 N–H and O–H groups in total. The molecule has 4 rings (SSSR count). The summed E-state index contributed by atoms with van der Waals surface area (Å²) in [7, 11) is 0. The number of benzene rings is 1. The summed E-state index contributed by atoms with van der Waals surface area (Å²) in [6, 6.07) is 11.8. The van der Waals surface area contributed by atoms with E-state index in [1.807, 2.05) is 36.6 Å². The molecule has 6 nitrogen and oxygen atoms in total. The highest BCUT2D eigenvalue weighted by Gasteiger charge is 2.33. The lowest BCUT2D eigenvalue weighted by atomic mass is 10.0. The molecule has 1 aliphatic carbocycles. The van der Waals surface area contributed by atoms with Gasteiger partial charge in [-0.3, -0.25) is 4.79 Å². The Kier molecular flexibility index (Phi) is 4.46. The van der Waals surface area contributed by atoms with Gasteiger partial charge in [0, 0.05) is 0 Å². The number of rotatable bonds is 6. The van der Waals surface area contributed by atoms with E-state index >= 15 is 0 Å². The van der Waals surface area contributed by atoms with Crippen LogP contribution in [0.2, 0.25) is 0 Å². The van der Waals surface area contributed by atoms with E-state index in [2.05, 4.69) is 22.5 Å². The van der Waals surface area contributed by atoms with Crippen molar-refractivity contribution in [2.24, 2.45) is 5.92 Å². The highest BCUT2D eigenvalue weighted by Crippen LogP contribution is 2.41. The first-order chi connectivity index (χ1) is 12.6. The van der Waals surface area contributed by atoms with Gasteiger partial charge in [-0.05, 0) is 42.7 Å². The summed E-state index contributed by atoms with van der Waals surface area (Å²) in [5.41, 5.74) is 2.28. The van der Waals surface area contributed by atoms with Crippen molar-refractivity contribution in [2.45, 2.75) is 32.4 Å². The lowest BCUT2D eigenvalue weighted by Gasteiger charge is -2.19. The van der Waals surface area contributed by atoms with Crippen molar-refractivity contribution in [3.05, 3.63) is 63.5 Å². The fraction of sp³-hybridized carbons (Fsp3) is 0.316. The predicted molar refractivity (Wildman–Crippen MR) is 98.9 cm³/mol. The number of aryl methyl sites for hydroxylation is 1. The van der Waals surface area contributed by atoms with Gasteiger partial charge in [0.1, 0.15) is 6.54 Å². The maximum Gasteiger partial charge on any atom is 0.437 e. The average Bonchev–Trinajstić information content (AvgIpc) is 3.18. The molecule has 0 radical (unpaired) electrons. The number of nitrogens with one attached hydrogen (secondary N) is 1. The van der Waals surface area contributed by atoms with Crippen LogP contribution in [0.25, 0.3) is 10.8 Å². The molecular weight excluding hydrogens is 350 g/mol. The Labute approximate surface area is 154 Å². The molecule has 0 bridgehead atoms. The van der Waals surface area contributed by atoms with Crippen molar-refractivity contribution in [1.82, 2.24) is 15.1 Å². The van der Waals surface area contributed by atoms with Gasteiger partial charge in [-0.2, -0.15) is 4.68 Å². The number of carbonyl (C=O) groups is 1. The zero-order valence-corrected chi connectivity index (χ0v) is 15.2. The second-order valence-corrected chi connectivity index (χ2v) is 7.55. The molecule has 0 unspecified atom stereocenters. The molecule has 1 atom stereocenters. The Morgan fingerprint density at radius 2 is 2.12 bits per heavy atom. The van der Waals surface area contributed by atoms with Gasteiger partial charge in [0.15, 0.2) is 0 Å². The standard InChI is InChI=1S/C19H19N3O3S/c1-12-4-6-13(7-5-12)17(14-8-9-14)20-16(23)11-22-19(24)25-18(21-22)15-3-2-10-26-15/h2-7,10,14,17H,8-9,11H2,1H3,(H,20,23)/t17-/m0/s1. The van der Waals surface area contributed by atoms with E-state index in [0.717, 1.165) is 28.0 Å². The maximum atomic E-state index is 12.5. The quantitative estimate of drug-likeness (QED) is 0.724. The molecule has 26 heavy (non-hydrogen) atoms. The SMILES string of the molecule is Cc1ccc([C@H](NC(=O)Cn2nc(-c3cccs3)oc2=O)C2CC2)cc1. The van der Waals surface area contributed by atoms with Crippen LogP contribution < -0.4 is 11.1 Å². The van der Waals surface area contributed by atoms with Crippen LogP contribution in [0.4, 0.5) is 0 Å². The molecule has 2 aromatic heterocycles. The normalized spacial score (nSPS) is 15.0. The summed E-state index contributed by atoms with van der Waals surface area (Å²) in [6.45, 7) is 1.89. The summed E-state index contributed by atoms with van der Waals surface area (Å²) >= 11 is 1.43. The Morgan fingerprint density at radius 3 is 2.77 bits per heavy atom. The molecule has 1 aliphatic rings. The maximum absolute atomic E-state index is 12.5. The van der Waals surface area contributed by atoms with Crippen molar-refractivity contribution < 1.29 is 9.21 Å². The van der Waals surface area contributed by atoms with Crippen LogP contribution in [0.15, 0.2) is 51.0 Å². The van der Waals surface area contributed by atoms with Crippen molar-refractivity contribution in [3.63, 3.8) is 0 Å². The number of hydrogen-bond donors (Lipinski definition) is 1. The molecule has 2 heterocycles. The minimum absolute atomic E-state index is 0.0255. The number of hydrogen-bond acceptors (Lipinski definition) is 5. The molecule has 7 heteroatoms. The summed E-state index contributed by atoms with van der Waals surface area (Å²) in [5.74, 6) is -0.162. The van der Waals surface area contributed by atoms with Crippen molar-refractivity contribution in [1.29, 1.82) is 0 Å². The Bertz CT molecular complexity index is 953. The third kappa shape index (κ3) is 3.62. The van der Waals surface area contributed by atoms with Crippen molar-refractivity contribution in [3.8, 4) is 10.8 Å². The third-order valence-corrected chi connectivity index (χ3v) is 5.34. The monoisotopic (exact) mass is 369 g/mol. The average molecular weight is 369 g/mol. The minimum atomic E-state index is -0.623. The van der Waals surface area contributed by atoms with E-state index < -0.39 is 5.76 Å². The number of carbonyl (C=O) groups excluding carboxylic acids is 1. The lowest BCUT2D eigenvalue weighted by Crippen LogP contribution is -2.35. The van der Waals surface area contributed by atoms with Crippen LogP contribution in [0.3, 0.4) is 0 Å². The predicted octanol–water partition coefficient (Wildman–Crippen LogP) is 3.14. The Balaban J connectivity index is 1.47. The third-order valence-electron chi connectivity index (χ3n) is 4.48. The highest BCUT2D eigenvalue weighted by molar-refractivity contribution is 7.13. The molecule has 1 fully saturated rings. The van der Waals surface area contributed by atoms with E-state index in [4.69, 9.17) is 4.42 Å². The molecular formula is C19H19N3O3S. The van der Waals surface area contributed by atoms with Crippen LogP contribution in [-0.4, -0.2) is 15.7 Å². The minimum Gasteiger partial charge on any atom is -0.387 e. The first-order valence-electron chi connectivity index (χ1n) is 8.58. The molecule has 1 amide bonds. The number of thiophene rings is 1. The van der Waals surface area contributed by atoms with Crippen molar-refractivity contribution in [2.75, 3.05) is 0 Å². The van der Waals surface area contributed by atoms with Crippen LogP contribution in [-0.2, 0) is 11.3 Å². The van der Waals surface area contributed by atoms with Crippen LogP contribution >= 0.6 is 11.3 Å². The fourth-order valence-corrected chi connectivity index (χ4v) is 3.58. The van der Waals surface area contributed by atoms with E-state index in [-0.39, 0.29) is 24.4 Å². The molecule has 3 aromatic rings. The van der Waals surface area contributed by atoms with Crippen LogP contribution in [0, 0.1) is 12.8 Å². The molecule has 0 saturated heterocycles. The van der Waals surface area contributed by atoms with E-state index in [1.54, 1.807) is 0 Å². The van der Waals surface area contributed by atoms with E-state index in [9.17, 15) is 9.59 Å². The van der Waals surface area contributed by atoms with Gasteiger partial charge < -0.3 is 9.73 Å². The first-order valence-corrected chi connectivity index (χ1v) is 9.46. The van der Waals surface area contributed by atoms with Crippen LogP contribution in [0.1, 0.15) is 30.0 Å². The topological polar surface area (TPSA) is 77.1 Å². The highest BCUT2D eigenvalue weighted by atomic mass is 32.1. The van der Waals surface area contributed by atoms with Crippen LogP contribution in [0.5, 0.6) is 0 Å². The van der Waals surface area contributed by atoms with Gasteiger partial charge >= 0.3 is 5.76 Å². The first kappa shape index (κ1) is 16.8. The second kappa shape index (κ2) is 6.92. The van der Waals surface area contributed by atoms with Gasteiger partial charge in [0.25, 0.3) is 5.89 Å². The molecule has 1 aromatic carbocycles. The van der Waals surface area contributed by atoms with Gasteiger partial charge in [-0.15, -0.1) is 16.4 Å². The second-order valence-electron chi connectivity index (χ2n) is 6.60. The van der Waals surface area contributed by atoms with Gasteiger partial charge in [-0.25, -0.2) is 4.79 Å². The molecule has 0 spiro atoms. The zero-order valence-electron chi connectivity index (χ0n) is 14.3. The molecule has 0 aliphatic heterocycles. The number of amides is 1. The van der Waals surface area contributed by atoms with E-state index in [0.29, 0.717) is 5.92 Å². The Morgan fingerprint density at radius 1 is 1.35 bits per heavy atom. The lowest BCUT2D eigenvalue weighted by molar-refractivity contribution is -0.122. The molecule has 1 saturated carbocycles. The summed E-state index contributed by atoms with van der Waals surface area (Å²) < 4.78 is 6.22. The van der Waals surface area contributed by atoms with Gasteiger partial charge in [0.2, 0.25) is 5.91 Å². The summed E-state index contributed by atoms with van der Waals surface area (Å²) in [5, 5.41) is 9.07. The molecule has 134 valence electrons. The van der Waals surface area contributed by atoms with E-state index in [1.165, 1.54) is 16.9 Å². The van der Waals surface area contributed by atoms with Crippen molar-refractivity contribution >= 4 is 17.2 Å². The summed E-state index contributed by atoms with van der Waals surface area (Å²) in [4.78, 5) is 25.2. The zero-order chi connectivity index (χ0) is 18.1. The fourth-order valence-electron chi connectivity index (χ4n) is 2.94. The largest absolute Gasteiger partial charge is 0.437 e.